The molecule has 35 heavy (non-hydrogen) atoms. The number of carbonyl (C=O) groups is 4. The molecule has 1 aliphatic rings. The van der Waals surface area contributed by atoms with E-state index < -0.39 is 23.7 Å². The van der Waals surface area contributed by atoms with E-state index in [9.17, 15) is 24.3 Å². The molecule has 2 amide bonds. The van der Waals surface area contributed by atoms with Gasteiger partial charge in [0.25, 0.3) is 11.8 Å². The summed E-state index contributed by atoms with van der Waals surface area (Å²) in [4.78, 5) is 51.0. The van der Waals surface area contributed by atoms with Crippen molar-refractivity contribution in [3.05, 3.63) is 88.4 Å². The Balaban J connectivity index is 1.41. The van der Waals surface area contributed by atoms with E-state index in [0.29, 0.717) is 16.3 Å². The van der Waals surface area contributed by atoms with Gasteiger partial charge in [-0.05, 0) is 47.9 Å². The van der Waals surface area contributed by atoms with Crippen molar-refractivity contribution in [2.75, 3.05) is 13.7 Å². The normalized spacial score (nSPS) is 13.5. The van der Waals surface area contributed by atoms with Gasteiger partial charge in [0.1, 0.15) is 5.75 Å². The molecule has 1 heterocycles. The third-order valence-electron chi connectivity index (χ3n) is 6.04. The molecule has 7 nitrogen and oxygen atoms in total. The Hall–Kier alpha value is -3.97. The summed E-state index contributed by atoms with van der Waals surface area (Å²) in [6.45, 7) is -0.103. The molecule has 8 heteroatoms. The monoisotopic (exact) mass is 491 g/mol. The van der Waals surface area contributed by atoms with Crippen molar-refractivity contribution in [3.8, 4) is 16.9 Å². The first-order valence-electron chi connectivity index (χ1n) is 10.9. The van der Waals surface area contributed by atoms with E-state index in [1.165, 1.54) is 19.2 Å². The molecule has 1 unspecified atom stereocenters. The van der Waals surface area contributed by atoms with Crippen LogP contribution in [0.3, 0.4) is 0 Å². The van der Waals surface area contributed by atoms with Crippen LogP contribution < -0.4 is 4.74 Å². The van der Waals surface area contributed by atoms with E-state index in [0.717, 1.165) is 16.0 Å². The van der Waals surface area contributed by atoms with Crippen LogP contribution in [0.2, 0.25) is 5.02 Å². The Morgan fingerprint density at radius 3 is 2.11 bits per heavy atom. The number of carboxylic acids is 1. The second kappa shape index (κ2) is 10.1. The van der Waals surface area contributed by atoms with Crippen LogP contribution in [0, 0.1) is 5.92 Å². The smallest absolute Gasteiger partial charge is 0.307 e. The Morgan fingerprint density at radius 2 is 1.51 bits per heavy atom. The number of amides is 2. The summed E-state index contributed by atoms with van der Waals surface area (Å²) in [6.07, 6.45) is -0.279. The number of ether oxygens (including phenoxy) is 1. The Labute approximate surface area is 206 Å². The maximum Gasteiger partial charge on any atom is 0.307 e. The molecule has 0 radical (unpaired) electrons. The van der Waals surface area contributed by atoms with Crippen LogP contribution in [0.15, 0.2) is 66.7 Å². The number of fused-ring (bicyclic) bond motifs is 1. The van der Waals surface area contributed by atoms with Gasteiger partial charge >= 0.3 is 5.97 Å². The lowest BCUT2D eigenvalue weighted by atomic mass is 9.94. The van der Waals surface area contributed by atoms with Gasteiger partial charge in [-0.15, -0.1) is 0 Å². The van der Waals surface area contributed by atoms with Crippen molar-refractivity contribution in [2.45, 2.75) is 12.8 Å². The second-order valence-electron chi connectivity index (χ2n) is 8.21. The minimum Gasteiger partial charge on any atom is -0.497 e. The number of nitrogens with zero attached hydrogens (tertiary/aromatic N) is 1. The fraction of sp³-hybridized carbons (Fsp3) is 0.185. The molecule has 0 saturated heterocycles. The van der Waals surface area contributed by atoms with E-state index in [1.54, 1.807) is 42.5 Å². The zero-order valence-electron chi connectivity index (χ0n) is 18.9. The molecule has 0 saturated carbocycles. The number of hydrogen-bond donors (Lipinski definition) is 1. The van der Waals surface area contributed by atoms with Crippen molar-refractivity contribution < 1.29 is 29.0 Å². The van der Waals surface area contributed by atoms with Crippen LogP contribution in [0.4, 0.5) is 0 Å². The topological polar surface area (TPSA) is 101 Å². The second-order valence-corrected chi connectivity index (χ2v) is 8.65. The number of benzene rings is 3. The first-order chi connectivity index (χ1) is 16.8. The molecule has 1 atom stereocenters. The molecule has 0 aliphatic carbocycles. The van der Waals surface area contributed by atoms with E-state index in [-0.39, 0.29) is 36.3 Å². The predicted octanol–water partition coefficient (Wildman–Crippen LogP) is 4.98. The summed E-state index contributed by atoms with van der Waals surface area (Å²) in [6, 6.07) is 18.8. The average Bonchev–Trinajstić information content (AvgIpc) is 3.10. The van der Waals surface area contributed by atoms with Gasteiger partial charge in [0.2, 0.25) is 0 Å². The van der Waals surface area contributed by atoms with Gasteiger partial charge in [-0.25, -0.2) is 0 Å². The molecular formula is C27H22ClNO6. The third kappa shape index (κ3) is 5.10. The molecular weight excluding hydrogens is 470 g/mol. The molecule has 3 aromatic rings. The number of aliphatic carboxylic acids is 1. The number of hydrogen-bond acceptors (Lipinski definition) is 5. The van der Waals surface area contributed by atoms with Gasteiger partial charge in [-0.2, -0.15) is 0 Å². The zero-order valence-corrected chi connectivity index (χ0v) is 19.6. The molecule has 3 aromatic carbocycles. The first-order valence-corrected chi connectivity index (χ1v) is 11.3. The minimum absolute atomic E-state index is 0.0352. The highest BCUT2D eigenvalue weighted by Crippen LogP contribution is 2.28. The van der Waals surface area contributed by atoms with Gasteiger partial charge in [-0.3, -0.25) is 24.1 Å². The number of rotatable bonds is 9. The Morgan fingerprint density at radius 1 is 0.914 bits per heavy atom. The highest BCUT2D eigenvalue weighted by Gasteiger charge is 2.36. The van der Waals surface area contributed by atoms with Crippen LogP contribution in [-0.4, -0.2) is 47.2 Å². The van der Waals surface area contributed by atoms with Gasteiger partial charge in [0, 0.05) is 23.6 Å². The van der Waals surface area contributed by atoms with Crippen LogP contribution in [-0.2, 0) is 4.79 Å². The van der Waals surface area contributed by atoms with E-state index in [4.69, 9.17) is 16.3 Å². The fourth-order valence-electron chi connectivity index (χ4n) is 4.03. The molecule has 0 aromatic heterocycles. The molecule has 0 fully saturated rings. The largest absolute Gasteiger partial charge is 0.497 e. The summed E-state index contributed by atoms with van der Waals surface area (Å²) in [7, 11) is 1.46. The lowest BCUT2D eigenvalue weighted by Crippen LogP contribution is -2.33. The molecule has 1 N–H and O–H groups in total. The SMILES string of the molecule is COc1ccc2c(c1)C(=O)N(CCC(CC(=O)c1ccc(-c3ccc(Cl)cc3)cc1)C(=O)O)C2=O. The summed E-state index contributed by atoms with van der Waals surface area (Å²) < 4.78 is 5.11. The minimum atomic E-state index is -1.16. The summed E-state index contributed by atoms with van der Waals surface area (Å²) >= 11 is 5.92. The fourth-order valence-corrected chi connectivity index (χ4v) is 4.16. The number of ketones is 1. The molecule has 0 bridgehead atoms. The van der Waals surface area contributed by atoms with Crippen LogP contribution in [0.5, 0.6) is 5.75 Å². The lowest BCUT2D eigenvalue weighted by molar-refractivity contribution is -0.142. The van der Waals surface area contributed by atoms with Crippen LogP contribution in [0.1, 0.15) is 43.9 Å². The predicted molar refractivity (Wildman–Crippen MR) is 130 cm³/mol. The molecule has 4 rings (SSSR count). The van der Waals surface area contributed by atoms with Gasteiger partial charge in [0.05, 0.1) is 24.2 Å². The number of Topliss-reactive ketones (excluding diaryl/α,β-unsaturated/α-hetero) is 1. The highest BCUT2D eigenvalue weighted by atomic mass is 35.5. The molecule has 0 spiro atoms. The van der Waals surface area contributed by atoms with Crippen molar-refractivity contribution >= 4 is 35.2 Å². The standard InChI is InChI=1S/C27H22ClNO6/c1-35-21-10-11-22-23(15-21)26(32)29(25(22)31)13-12-19(27(33)34)14-24(30)18-4-2-16(3-5-18)17-6-8-20(28)9-7-17/h2-11,15,19H,12-14H2,1H3,(H,33,34). The van der Waals surface area contributed by atoms with Crippen molar-refractivity contribution in [1.29, 1.82) is 0 Å². The van der Waals surface area contributed by atoms with Crippen molar-refractivity contribution in [1.82, 2.24) is 4.90 Å². The number of imide groups is 1. The number of methoxy groups -OCH3 is 1. The maximum atomic E-state index is 12.8. The number of carbonyl (C=O) groups excluding carboxylic acids is 3. The molecule has 178 valence electrons. The average molecular weight is 492 g/mol. The molecule has 1 aliphatic heterocycles. The summed E-state index contributed by atoms with van der Waals surface area (Å²) in [5, 5.41) is 10.3. The number of halogens is 1. The lowest BCUT2D eigenvalue weighted by Gasteiger charge is -2.17. The van der Waals surface area contributed by atoms with Crippen molar-refractivity contribution in [3.63, 3.8) is 0 Å². The number of carboxylic acid groups (broad SMARTS) is 1. The highest BCUT2D eigenvalue weighted by molar-refractivity contribution is 6.30. The van der Waals surface area contributed by atoms with Crippen LogP contribution in [0.25, 0.3) is 11.1 Å². The van der Waals surface area contributed by atoms with Gasteiger partial charge in [-0.1, -0.05) is 48.0 Å². The summed E-state index contributed by atoms with van der Waals surface area (Å²) in [5.74, 6) is -3.07. The van der Waals surface area contributed by atoms with Gasteiger partial charge < -0.3 is 9.84 Å². The van der Waals surface area contributed by atoms with E-state index in [2.05, 4.69) is 0 Å². The Bertz CT molecular complexity index is 1300. The quantitative estimate of drug-likeness (QED) is 0.335. The van der Waals surface area contributed by atoms with Gasteiger partial charge in [0.15, 0.2) is 5.78 Å². The van der Waals surface area contributed by atoms with E-state index in [1.807, 2.05) is 12.1 Å². The Kier molecular flexibility index (Phi) is 6.98. The zero-order chi connectivity index (χ0) is 25.1. The maximum absolute atomic E-state index is 12.8. The summed E-state index contributed by atoms with van der Waals surface area (Å²) in [5.41, 5.74) is 2.70. The van der Waals surface area contributed by atoms with Crippen LogP contribution >= 0.6 is 11.6 Å². The van der Waals surface area contributed by atoms with E-state index >= 15 is 0 Å². The van der Waals surface area contributed by atoms with Crippen molar-refractivity contribution in [2.24, 2.45) is 5.92 Å². The first kappa shape index (κ1) is 24.2. The third-order valence-corrected chi connectivity index (χ3v) is 6.30.